The molecule has 21 heavy (non-hydrogen) atoms. The molecule has 3 N–H and O–H groups in total. The molecular weight excluding hydrogens is 272 g/mol. The third-order valence-corrected chi connectivity index (χ3v) is 3.11. The van der Waals surface area contributed by atoms with Gasteiger partial charge >= 0.3 is 12.0 Å². The number of aryl methyl sites for hydroxylation is 1. The molecule has 1 rings (SSSR count). The summed E-state index contributed by atoms with van der Waals surface area (Å²) in [4.78, 5) is 22.2. The number of carboxylic acids is 1. The number of hydrogen-bond donors (Lipinski definition) is 3. The van der Waals surface area contributed by atoms with E-state index in [1.54, 1.807) is 0 Å². The van der Waals surface area contributed by atoms with Crippen molar-refractivity contribution < 1.29 is 19.4 Å². The summed E-state index contributed by atoms with van der Waals surface area (Å²) in [7, 11) is 1.42. The van der Waals surface area contributed by atoms with E-state index in [0.29, 0.717) is 6.54 Å². The van der Waals surface area contributed by atoms with E-state index in [1.807, 2.05) is 24.3 Å². The molecule has 0 radical (unpaired) electrons. The van der Waals surface area contributed by atoms with Crippen LogP contribution in [0.3, 0.4) is 0 Å². The number of rotatable bonds is 8. The first-order chi connectivity index (χ1) is 10.0. The van der Waals surface area contributed by atoms with E-state index < -0.39 is 12.1 Å². The summed E-state index contributed by atoms with van der Waals surface area (Å²) in [6.07, 6.45) is 0.308. The van der Waals surface area contributed by atoms with Gasteiger partial charge in [-0.05, 0) is 17.5 Å². The summed E-state index contributed by atoms with van der Waals surface area (Å²) in [5.41, 5.74) is 2.26. The van der Waals surface area contributed by atoms with Gasteiger partial charge in [0.2, 0.25) is 0 Å². The first-order valence-electron chi connectivity index (χ1n) is 6.89. The Labute approximate surface area is 124 Å². The van der Waals surface area contributed by atoms with Crippen LogP contribution < -0.4 is 10.6 Å². The zero-order valence-corrected chi connectivity index (χ0v) is 12.4. The third kappa shape index (κ3) is 6.76. The number of carbonyl (C=O) groups excluding carboxylic acids is 1. The summed E-state index contributed by atoms with van der Waals surface area (Å²) in [6, 6.07) is 7.66. The minimum atomic E-state index is -0.958. The summed E-state index contributed by atoms with van der Waals surface area (Å²) in [5, 5.41) is 14.0. The molecule has 0 saturated carbocycles. The molecule has 0 aromatic heterocycles. The Hall–Kier alpha value is -2.08. The van der Waals surface area contributed by atoms with Crippen LogP contribution >= 0.6 is 0 Å². The fourth-order valence-corrected chi connectivity index (χ4v) is 1.78. The summed E-state index contributed by atoms with van der Waals surface area (Å²) < 4.78 is 4.98. The number of nitrogens with one attached hydrogen (secondary N) is 2. The minimum Gasteiger partial charge on any atom is -0.481 e. The first-order valence-corrected chi connectivity index (χ1v) is 6.89. The second-order valence-corrected chi connectivity index (χ2v) is 4.69. The lowest BCUT2D eigenvalue weighted by Gasteiger charge is -2.14. The maximum atomic E-state index is 11.6. The Kier molecular flexibility index (Phi) is 7.25. The van der Waals surface area contributed by atoms with Crippen molar-refractivity contribution in [2.75, 3.05) is 13.7 Å². The number of aliphatic carboxylic acids is 1. The molecule has 0 fully saturated rings. The highest BCUT2D eigenvalue weighted by Gasteiger charge is 2.13. The van der Waals surface area contributed by atoms with Crippen LogP contribution in [0.4, 0.5) is 4.79 Å². The van der Waals surface area contributed by atoms with Crippen LogP contribution in [0.1, 0.15) is 24.5 Å². The molecule has 0 saturated heterocycles. The van der Waals surface area contributed by atoms with Crippen LogP contribution in [0.2, 0.25) is 0 Å². The molecule has 6 heteroatoms. The maximum Gasteiger partial charge on any atom is 0.315 e. The van der Waals surface area contributed by atoms with E-state index in [2.05, 4.69) is 17.6 Å². The molecule has 0 aliphatic rings. The smallest absolute Gasteiger partial charge is 0.315 e. The molecule has 1 unspecified atom stereocenters. The molecule has 6 nitrogen and oxygen atoms in total. The van der Waals surface area contributed by atoms with Gasteiger partial charge in [0, 0.05) is 20.2 Å². The van der Waals surface area contributed by atoms with Crippen molar-refractivity contribution in [2.45, 2.75) is 32.4 Å². The second kappa shape index (κ2) is 8.97. The van der Waals surface area contributed by atoms with Crippen LogP contribution in [0.25, 0.3) is 0 Å². The molecule has 0 spiro atoms. The van der Waals surface area contributed by atoms with Crippen molar-refractivity contribution in [3.8, 4) is 0 Å². The average Bonchev–Trinajstić information content (AvgIpc) is 2.49. The van der Waals surface area contributed by atoms with E-state index in [-0.39, 0.29) is 19.0 Å². The van der Waals surface area contributed by atoms with Crippen LogP contribution in [0.15, 0.2) is 24.3 Å². The molecule has 0 aliphatic carbocycles. The topological polar surface area (TPSA) is 87.7 Å². The van der Waals surface area contributed by atoms with Gasteiger partial charge in [0.1, 0.15) is 0 Å². The predicted octanol–water partition coefficient (Wildman–Crippen LogP) is 1.54. The standard InChI is InChI=1S/C15H22N2O4/c1-3-11-4-6-12(7-5-11)9-16-15(20)17-10-13(21-2)8-14(18)19/h4-7,13H,3,8-10H2,1-2H3,(H,18,19)(H2,16,17,20). The summed E-state index contributed by atoms with van der Waals surface area (Å²) >= 11 is 0. The van der Waals surface area contributed by atoms with E-state index in [4.69, 9.17) is 9.84 Å². The molecule has 1 atom stereocenters. The Morgan fingerprint density at radius 2 is 1.81 bits per heavy atom. The lowest BCUT2D eigenvalue weighted by atomic mass is 10.1. The van der Waals surface area contributed by atoms with Gasteiger partial charge in [-0.2, -0.15) is 0 Å². The number of carboxylic acid groups (broad SMARTS) is 1. The van der Waals surface area contributed by atoms with Crippen LogP contribution in [0, 0.1) is 0 Å². The van der Waals surface area contributed by atoms with E-state index >= 15 is 0 Å². The number of urea groups is 1. The van der Waals surface area contributed by atoms with Crippen molar-refractivity contribution in [3.63, 3.8) is 0 Å². The van der Waals surface area contributed by atoms with Gasteiger partial charge in [-0.3, -0.25) is 4.79 Å². The SMILES string of the molecule is CCc1ccc(CNC(=O)NCC(CC(=O)O)OC)cc1. The Morgan fingerprint density at radius 3 is 2.33 bits per heavy atom. The van der Waals surface area contributed by atoms with Gasteiger partial charge in [-0.25, -0.2) is 4.79 Å². The van der Waals surface area contributed by atoms with Crippen molar-refractivity contribution >= 4 is 12.0 Å². The largest absolute Gasteiger partial charge is 0.481 e. The number of carbonyl (C=O) groups is 2. The molecular formula is C15H22N2O4. The van der Waals surface area contributed by atoms with Gasteiger partial charge in [-0.15, -0.1) is 0 Å². The number of hydrogen-bond acceptors (Lipinski definition) is 3. The van der Waals surface area contributed by atoms with Gasteiger partial charge in [0.05, 0.1) is 12.5 Å². The number of methoxy groups -OCH3 is 1. The molecule has 116 valence electrons. The van der Waals surface area contributed by atoms with Gasteiger partial charge < -0.3 is 20.5 Å². The summed E-state index contributed by atoms with van der Waals surface area (Å²) in [6.45, 7) is 2.67. The van der Waals surface area contributed by atoms with Gasteiger partial charge in [0.15, 0.2) is 0 Å². The van der Waals surface area contributed by atoms with Crippen molar-refractivity contribution in [3.05, 3.63) is 35.4 Å². The van der Waals surface area contributed by atoms with Crippen molar-refractivity contribution in [2.24, 2.45) is 0 Å². The monoisotopic (exact) mass is 294 g/mol. The van der Waals surface area contributed by atoms with Gasteiger partial charge in [-0.1, -0.05) is 31.2 Å². The summed E-state index contributed by atoms with van der Waals surface area (Å²) in [5.74, 6) is -0.958. The number of benzene rings is 1. The van der Waals surface area contributed by atoms with Crippen LogP contribution in [-0.4, -0.2) is 36.9 Å². The Morgan fingerprint density at radius 1 is 1.19 bits per heavy atom. The maximum absolute atomic E-state index is 11.6. The zero-order valence-electron chi connectivity index (χ0n) is 12.4. The first kappa shape index (κ1) is 17.0. The van der Waals surface area contributed by atoms with E-state index in [1.165, 1.54) is 12.7 Å². The number of ether oxygens (including phenoxy) is 1. The third-order valence-electron chi connectivity index (χ3n) is 3.11. The fraction of sp³-hybridized carbons (Fsp3) is 0.467. The lowest BCUT2D eigenvalue weighted by Crippen LogP contribution is -2.40. The molecule has 0 bridgehead atoms. The Bertz CT molecular complexity index is 459. The highest BCUT2D eigenvalue weighted by atomic mass is 16.5. The van der Waals surface area contributed by atoms with E-state index in [9.17, 15) is 9.59 Å². The zero-order chi connectivity index (χ0) is 15.7. The minimum absolute atomic E-state index is 0.144. The molecule has 0 aliphatic heterocycles. The molecule has 1 aromatic rings. The van der Waals surface area contributed by atoms with Crippen LogP contribution in [-0.2, 0) is 22.5 Å². The van der Waals surface area contributed by atoms with Gasteiger partial charge in [0.25, 0.3) is 0 Å². The van der Waals surface area contributed by atoms with Crippen molar-refractivity contribution in [1.82, 2.24) is 10.6 Å². The lowest BCUT2D eigenvalue weighted by molar-refractivity contribution is -0.139. The quantitative estimate of drug-likeness (QED) is 0.678. The average molecular weight is 294 g/mol. The fourth-order valence-electron chi connectivity index (χ4n) is 1.78. The molecule has 1 aromatic carbocycles. The van der Waals surface area contributed by atoms with E-state index in [0.717, 1.165) is 12.0 Å². The molecule has 0 heterocycles. The number of amides is 2. The highest BCUT2D eigenvalue weighted by molar-refractivity contribution is 5.74. The normalized spacial score (nSPS) is 11.7. The molecule has 2 amide bonds. The highest BCUT2D eigenvalue weighted by Crippen LogP contribution is 2.04. The predicted molar refractivity (Wildman–Crippen MR) is 79.1 cm³/mol. The van der Waals surface area contributed by atoms with Crippen molar-refractivity contribution in [1.29, 1.82) is 0 Å². The van der Waals surface area contributed by atoms with Crippen LogP contribution in [0.5, 0.6) is 0 Å². The Balaban J connectivity index is 2.31. The second-order valence-electron chi connectivity index (χ2n) is 4.69.